The lowest BCUT2D eigenvalue weighted by molar-refractivity contribution is 0.0945. The average Bonchev–Trinajstić information content (AvgIpc) is 3.27. The Morgan fingerprint density at radius 2 is 2.08 bits per heavy atom. The molecule has 1 amide bonds. The molecule has 8 nitrogen and oxygen atoms in total. The van der Waals surface area contributed by atoms with E-state index in [0.29, 0.717) is 10.9 Å². The molecule has 0 aliphatic rings. The number of hydrogen-bond donors (Lipinski definition) is 1. The summed E-state index contributed by atoms with van der Waals surface area (Å²) in [4.78, 5) is 30.4. The minimum Gasteiger partial charge on any atom is -0.419 e. The average molecular weight is 367 g/mol. The van der Waals surface area contributed by atoms with Crippen molar-refractivity contribution in [1.29, 1.82) is 0 Å². The van der Waals surface area contributed by atoms with Gasteiger partial charge < -0.3 is 9.73 Å². The van der Waals surface area contributed by atoms with Gasteiger partial charge in [0.25, 0.3) is 11.5 Å². The molecule has 9 heteroatoms. The molecule has 0 aliphatic heterocycles. The van der Waals surface area contributed by atoms with Gasteiger partial charge in [-0.1, -0.05) is 18.2 Å². The van der Waals surface area contributed by atoms with E-state index in [0.717, 1.165) is 10.4 Å². The maximum Gasteiger partial charge on any atom is 0.271 e. The van der Waals surface area contributed by atoms with Gasteiger partial charge in [-0.25, -0.2) is 4.98 Å². The molecule has 4 aromatic rings. The summed E-state index contributed by atoms with van der Waals surface area (Å²) in [6.45, 7) is 1.89. The smallest absolute Gasteiger partial charge is 0.271 e. The maximum absolute atomic E-state index is 12.4. The number of carbonyl (C=O) groups excluding carboxylic acids is 1. The highest BCUT2D eigenvalue weighted by molar-refractivity contribution is 7.16. The predicted octanol–water partition coefficient (Wildman–Crippen LogP) is 2.04. The van der Waals surface area contributed by atoms with Gasteiger partial charge in [-0.2, -0.15) is 0 Å². The van der Waals surface area contributed by atoms with Crippen molar-refractivity contribution in [1.82, 2.24) is 24.9 Å². The van der Waals surface area contributed by atoms with Crippen molar-refractivity contribution >= 4 is 22.2 Å². The van der Waals surface area contributed by atoms with E-state index in [1.807, 2.05) is 37.3 Å². The van der Waals surface area contributed by atoms with Gasteiger partial charge in [-0.3, -0.25) is 14.0 Å². The van der Waals surface area contributed by atoms with Crippen molar-refractivity contribution in [3.63, 3.8) is 0 Å². The molecule has 4 rings (SSSR count). The van der Waals surface area contributed by atoms with Gasteiger partial charge in [-0.05, 0) is 19.1 Å². The van der Waals surface area contributed by atoms with Crippen molar-refractivity contribution in [2.24, 2.45) is 0 Å². The number of amides is 1. The van der Waals surface area contributed by atoms with Gasteiger partial charge in [0, 0.05) is 22.8 Å². The van der Waals surface area contributed by atoms with E-state index in [-0.39, 0.29) is 18.0 Å². The summed E-state index contributed by atoms with van der Waals surface area (Å²) in [7, 11) is 0. The van der Waals surface area contributed by atoms with Crippen LogP contribution in [-0.2, 0) is 6.54 Å². The van der Waals surface area contributed by atoms with Crippen molar-refractivity contribution < 1.29 is 9.21 Å². The van der Waals surface area contributed by atoms with Crippen LogP contribution in [0.4, 0.5) is 0 Å². The first-order chi connectivity index (χ1) is 12.6. The lowest BCUT2D eigenvalue weighted by Crippen LogP contribution is -2.30. The number of nitrogens with one attached hydrogen (secondary N) is 1. The lowest BCUT2D eigenvalue weighted by Gasteiger charge is -2.02. The van der Waals surface area contributed by atoms with E-state index in [1.54, 1.807) is 6.20 Å². The SMILES string of the molecule is Cc1cn2c(=O)c(C(=O)NCc3nnc(-c4ccccc4)o3)cnc2s1. The fourth-order valence-electron chi connectivity index (χ4n) is 2.42. The Kier molecular flexibility index (Phi) is 4.05. The molecule has 3 heterocycles. The molecule has 0 unspecified atom stereocenters. The van der Waals surface area contributed by atoms with Crippen LogP contribution in [0.25, 0.3) is 16.4 Å². The first kappa shape index (κ1) is 16.2. The molecule has 26 heavy (non-hydrogen) atoms. The number of nitrogens with zero attached hydrogens (tertiary/aromatic N) is 4. The number of aromatic nitrogens is 4. The van der Waals surface area contributed by atoms with E-state index < -0.39 is 11.5 Å². The van der Waals surface area contributed by atoms with Crippen LogP contribution < -0.4 is 10.9 Å². The number of thiazole rings is 1. The minimum absolute atomic E-state index is 0.0173. The lowest BCUT2D eigenvalue weighted by atomic mass is 10.2. The van der Waals surface area contributed by atoms with E-state index in [4.69, 9.17) is 4.42 Å². The van der Waals surface area contributed by atoms with Crippen molar-refractivity contribution in [2.75, 3.05) is 0 Å². The zero-order chi connectivity index (χ0) is 18.1. The molecule has 1 aromatic carbocycles. The van der Waals surface area contributed by atoms with Crippen LogP contribution in [0.1, 0.15) is 21.1 Å². The third kappa shape index (κ3) is 3.00. The molecule has 0 fully saturated rings. The summed E-state index contributed by atoms with van der Waals surface area (Å²) < 4.78 is 6.90. The monoisotopic (exact) mass is 367 g/mol. The molecule has 0 radical (unpaired) electrons. The van der Waals surface area contributed by atoms with E-state index in [1.165, 1.54) is 21.9 Å². The highest BCUT2D eigenvalue weighted by Gasteiger charge is 2.16. The number of aryl methyl sites for hydroxylation is 1. The normalized spacial score (nSPS) is 11.0. The van der Waals surface area contributed by atoms with Crippen molar-refractivity contribution in [3.05, 3.63) is 69.4 Å². The second-order valence-corrected chi connectivity index (χ2v) is 6.73. The molecule has 0 aliphatic carbocycles. The van der Waals surface area contributed by atoms with Gasteiger partial charge in [-0.15, -0.1) is 21.5 Å². The summed E-state index contributed by atoms with van der Waals surface area (Å²) in [6, 6.07) is 9.31. The number of hydrogen-bond acceptors (Lipinski definition) is 7. The third-order valence-corrected chi connectivity index (χ3v) is 4.57. The standard InChI is InChI=1S/C17H13N5O3S/c1-10-9-22-16(24)12(7-19-17(22)26-10)14(23)18-8-13-20-21-15(25-13)11-5-3-2-4-6-11/h2-7,9H,8H2,1H3,(H,18,23). The summed E-state index contributed by atoms with van der Waals surface area (Å²) in [6.07, 6.45) is 2.95. The van der Waals surface area contributed by atoms with Crippen LogP contribution in [0.15, 0.2) is 51.9 Å². The molecule has 130 valence electrons. The molecule has 3 aromatic heterocycles. The Bertz CT molecular complexity index is 1150. The van der Waals surface area contributed by atoms with Crippen LogP contribution in [0, 0.1) is 6.92 Å². The second-order valence-electron chi connectivity index (χ2n) is 5.52. The fraction of sp³-hybridized carbons (Fsp3) is 0.118. The van der Waals surface area contributed by atoms with Gasteiger partial charge in [0.1, 0.15) is 5.56 Å². The number of benzene rings is 1. The minimum atomic E-state index is -0.541. The number of rotatable bonds is 4. The zero-order valence-corrected chi connectivity index (χ0v) is 14.5. The number of fused-ring (bicyclic) bond motifs is 1. The van der Waals surface area contributed by atoms with Crippen LogP contribution in [0.3, 0.4) is 0 Å². The quantitative estimate of drug-likeness (QED) is 0.592. The fourth-order valence-corrected chi connectivity index (χ4v) is 3.21. The van der Waals surface area contributed by atoms with Gasteiger partial charge in [0.15, 0.2) is 4.96 Å². The van der Waals surface area contributed by atoms with E-state index in [2.05, 4.69) is 20.5 Å². The molecular formula is C17H13N5O3S. The van der Waals surface area contributed by atoms with E-state index in [9.17, 15) is 9.59 Å². The zero-order valence-electron chi connectivity index (χ0n) is 13.7. The van der Waals surface area contributed by atoms with Crippen molar-refractivity contribution in [2.45, 2.75) is 13.5 Å². The van der Waals surface area contributed by atoms with Gasteiger partial charge in [0.05, 0.1) is 6.54 Å². The van der Waals surface area contributed by atoms with Crippen LogP contribution in [0.2, 0.25) is 0 Å². The molecule has 0 bridgehead atoms. The van der Waals surface area contributed by atoms with Crippen molar-refractivity contribution in [3.8, 4) is 11.5 Å². The van der Waals surface area contributed by atoms with E-state index >= 15 is 0 Å². The summed E-state index contributed by atoms with van der Waals surface area (Å²) >= 11 is 1.38. The highest BCUT2D eigenvalue weighted by Crippen LogP contribution is 2.17. The highest BCUT2D eigenvalue weighted by atomic mass is 32.1. The van der Waals surface area contributed by atoms with Crippen LogP contribution in [-0.4, -0.2) is 25.5 Å². The molecular weight excluding hydrogens is 354 g/mol. The summed E-state index contributed by atoms with van der Waals surface area (Å²) in [5.74, 6) is 0.0738. The predicted molar refractivity (Wildman–Crippen MR) is 95.0 cm³/mol. The molecule has 0 spiro atoms. The molecule has 0 saturated carbocycles. The largest absolute Gasteiger partial charge is 0.419 e. The molecule has 0 saturated heterocycles. The second kappa shape index (κ2) is 6.52. The summed E-state index contributed by atoms with van der Waals surface area (Å²) in [5.41, 5.74) is 0.341. The van der Waals surface area contributed by atoms with Gasteiger partial charge >= 0.3 is 0 Å². The maximum atomic E-state index is 12.4. The summed E-state index contributed by atoms with van der Waals surface area (Å²) in [5, 5.41) is 10.5. The third-order valence-electron chi connectivity index (χ3n) is 3.65. The Hall–Kier alpha value is -3.33. The Morgan fingerprint density at radius 1 is 1.27 bits per heavy atom. The van der Waals surface area contributed by atoms with Crippen LogP contribution in [0.5, 0.6) is 0 Å². The Labute approximate surface area is 151 Å². The molecule has 0 atom stereocenters. The first-order valence-corrected chi connectivity index (χ1v) is 8.57. The van der Waals surface area contributed by atoms with Crippen LogP contribution >= 0.6 is 11.3 Å². The Balaban J connectivity index is 1.50. The number of carbonyl (C=O) groups is 1. The Morgan fingerprint density at radius 3 is 2.88 bits per heavy atom. The first-order valence-electron chi connectivity index (χ1n) is 7.75. The topological polar surface area (TPSA) is 102 Å². The van der Waals surface area contributed by atoms with Gasteiger partial charge in [0.2, 0.25) is 11.8 Å². The molecule has 1 N–H and O–H groups in total.